The Morgan fingerprint density at radius 2 is 1.75 bits per heavy atom. The zero-order valence-corrected chi connectivity index (χ0v) is 22.7. The van der Waals surface area contributed by atoms with E-state index >= 15 is 0 Å². The molecule has 1 unspecified atom stereocenters. The van der Waals surface area contributed by atoms with Crippen LogP contribution in [0.5, 0.6) is 0 Å². The number of halogens is 3. The maximum atomic E-state index is 13.2. The van der Waals surface area contributed by atoms with Crippen molar-refractivity contribution in [2.45, 2.75) is 44.8 Å². The van der Waals surface area contributed by atoms with E-state index in [0.717, 1.165) is 41.3 Å². The summed E-state index contributed by atoms with van der Waals surface area (Å²) in [6, 6.07) is 15.3. The molecule has 2 heterocycles. The van der Waals surface area contributed by atoms with Gasteiger partial charge in [-0.3, -0.25) is 19.6 Å². The minimum atomic E-state index is -4.77. The van der Waals surface area contributed by atoms with Crippen molar-refractivity contribution in [3.63, 3.8) is 0 Å². The van der Waals surface area contributed by atoms with E-state index in [1.165, 1.54) is 12.1 Å². The lowest BCUT2D eigenvalue weighted by atomic mass is 9.92. The summed E-state index contributed by atoms with van der Waals surface area (Å²) in [7, 11) is 0. The SMILES string of the molecule is Cc1cc(CN2CCN(Cc3ccncc3)[C@@H](C(=O)OCCN)C2)ccc1-c1ccc(C(C)(O)C(F)(F)F)cc1. The first-order valence-electron chi connectivity index (χ1n) is 13.2. The molecule has 40 heavy (non-hydrogen) atoms. The molecule has 3 aromatic rings. The quantitative estimate of drug-likeness (QED) is 0.385. The Labute approximate surface area is 232 Å². The van der Waals surface area contributed by atoms with Crippen molar-refractivity contribution in [1.29, 1.82) is 0 Å². The molecule has 2 aromatic carbocycles. The van der Waals surface area contributed by atoms with Gasteiger partial charge in [-0.25, -0.2) is 0 Å². The number of ether oxygens (including phenoxy) is 1. The highest BCUT2D eigenvalue weighted by Gasteiger charge is 2.51. The molecule has 0 saturated carbocycles. The molecule has 0 spiro atoms. The second kappa shape index (κ2) is 12.5. The molecule has 1 aliphatic heterocycles. The lowest BCUT2D eigenvalue weighted by Crippen LogP contribution is -2.56. The highest BCUT2D eigenvalue weighted by atomic mass is 19.4. The monoisotopic (exact) mass is 556 g/mol. The standard InChI is InChI=1S/C30H35F3N4O3/c1-21-17-23(3-8-26(21)24-4-6-25(7-5-24)29(2,39)30(31,32)33)18-36-14-15-37(19-22-9-12-35-13-10-22)27(20-36)28(38)40-16-11-34/h3-10,12-13,17,27,39H,11,14-16,18-20,34H2,1-2H3/t27-,29?/m1/s1. The number of nitrogens with two attached hydrogens (primary N) is 1. The summed E-state index contributed by atoms with van der Waals surface area (Å²) in [5, 5.41) is 9.95. The smallest absolute Gasteiger partial charge is 0.421 e. The van der Waals surface area contributed by atoms with Gasteiger partial charge in [-0.05, 0) is 59.4 Å². The van der Waals surface area contributed by atoms with Gasteiger partial charge in [0.1, 0.15) is 12.6 Å². The number of rotatable bonds is 9. The van der Waals surface area contributed by atoms with Gasteiger partial charge in [-0.1, -0.05) is 42.5 Å². The lowest BCUT2D eigenvalue weighted by Gasteiger charge is -2.40. The van der Waals surface area contributed by atoms with E-state index in [-0.39, 0.29) is 24.7 Å². The average molecular weight is 557 g/mol. The van der Waals surface area contributed by atoms with E-state index in [1.807, 2.05) is 31.2 Å². The van der Waals surface area contributed by atoms with E-state index in [4.69, 9.17) is 10.5 Å². The summed E-state index contributed by atoms with van der Waals surface area (Å²) >= 11 is 0. The van der Waals surface area contributed by atoms with Gasteiger partial charge >= 0.3 is 12.1 Å². The van der Waals surface area contributed by atoms with Crippen LogP contribution < -0.4 is 5.73 Å². The van der Waals surface area contributed by atoms with E-state index in [9.17, 15) is 23.1 Å². The number of alkyl halides is 3. The lowest BCUT2D eigenvalue weighted by molar-refractivity contribution is -0.258. The van der Waals surface area contributed by atoms with Gasteiger partial charge in [0.05, 0.1) is 0 Å². The Hall–Kier alpha value is -3.31. The zero-order valence-electron chi connectivity index (χ0n) is 22.7. The minimum Gasteiger partial charge on any atom is -0.463 e. The van der Waals surface area contributed by atoms with Crippen molar-refractivity contribution in [1.82, 2.24) is 14.8 Å². The van der Waals surface area contributed by atoms with Crippen molar-refractivity contribution in [2.75, 3.05) is 32.8 Å². The van der Waals surface area contributed by atoms with Crippen LogP contribution in [0.25, 0.3) is 11.1 Å². The predicted molar refractivity (Wildman–Crippen MR) is 146 cm³/mol. The van der Waals surface area contributed by atoms with Gasteiger partial charge in [0.2, 0.25) is 0 Å². The normalized spacial score (nSPS) is 18.3. The van der Waals surface area contributed by atoms with Gasteiger partial charge in [0.15, 0.2) is 5.60 Å². The minimum absolute atomic E-state index is 0.174. The molecule has 0 amide bonds. The first-order valence-corrected chi connectivity index (χ1v) is 13.2. The molecule has 4 rings (SSSR count). The van der Waals surface area contributed by atoms with Crippen LogP contribution in [-0.4, -0.2) is 70.9 Å². The van der Waals surface area contributed by atoms with Crippen molar-refractivity contribution in [3.05, 3.63) is 89.2 Å². The van der Waals surface area contributed by atoms with E-state index in [1.54, 1.807) is 24.5 Å². The second-order valence-corrected chi connectivity index (χ2v) is 10.3. The zero-order chi connectivity index (χ0) is 28.9. The topological polar surface area (TPSA) is 91.9 Å². The number of aryl methyl sites for hydroxylation is 1. The molecule has 1 aromatic heterocycles. The molecule has 0 bridgehead atoms. The van der Waals surface area contributed by atoms with Crippen molar-refractivity contribution >= 4 is 5.97 Å². The summed E-state index contributed by atoms with van der Waals surface area (Å²) in [4.78, 5) is 21.3. The van der Waals surface area contributed by atoms with Crippen molar-refractivity contribution in [3.8, 4) is 11.1 Å². The first-order chi connectivity index (χ1) is 19.0. The number of pyridine rings is 1. The number of hydrogen-bond acceptors (Lipinski definition) is 7. The fraction of sp³-hybridized carbons (Fsp3) is 0.400. The molecule has 214 valence electrons. The summed E-state index contributed by atoms with van der Waals surface area (Å²) in [5.74, 6) is -0.288. The fourth-order valence-electron chi connectivity index (χ4n) is 4.96. The number of benzene rings is 2. The number of carbonyl (C=O) groups is 1. The summed E-state index contributed by atoms with van der Waals surface area (Å²) in [6.07, 6.45) is -1.30. The summed E-state index contributed by atoms with van der Waals surface area (Å²) in [5.41, 5.74) is 7.19. The molecule has 0 aliphatic carbocycles. The third-order valence-corrected chi connectivity index (χ3v) is 7.35. The first kappa shape index (κ1) is 29.7. The highest BCUT2D eigenvalue weighted by molar-refractivity contribution is 5.76. The van der Waals surface area contributed by atoms with Crippen LogP contribution in [0.4, 0.5) is 13.2 Å². The predicted octanol–water partition coefficient (Wildman–Crippen LogP) is 4.02. The molecular weight excluding hydrogens is 521 g/mol. The van der Waals surface area contributed by atoms with Crippen LogP contribution in [-0.2, 0) is 28.2 Å². The molecule has 3 N–H and O–H groups in total. The Morgan fingerprint density at radius 3 is 2.38 bits per heavy atom. The van der Waals surface area contributed by atoms with Crippen molar-refractivity contribution in [2.24, 2.45) is 5.73 Å². The molecule has 0 radical (unpaired) electrons. The number of hydrogen-bond donors (Lipinski definition) is 2. The second-order valence-electron chi connectivity index (χ2n) is 10.3. The Bertz CT molecular complexity index is 1280. The number of carbonyl (C=O) groups excluding carboxylic acids is 1. The van der Waals surface area contributed by atoms with Crippen LogP contribution in [0.1, 0.15) is 29.2 Å². The number of piperazine rings is 1. The number of aliphatic hydroxyl groups is 1. The molecule has 2 atom stereocenters. The fourth-order valence-corrected chi connectivity index (χ4v) is 4.96. The number of esters is 1. The number of aromatic nitrogens is 1. The van der Waals surface area contributed by atoms with Gasteiger partial charge in [0, 0.05) is 51.7 Å². The van der Waals surface area contributed by atoms with E-state index in [2.05, 4.69) is 20.9 Å². The maximum Gasteiger partial charge on any atom is 0.421 e. The van der Waals surface area contributed by atoms with Gasteiger partial charge in [-0.2, -0.15) is 13.2 Å². The molecule has 1 aliphatic rings. The Kier molecular flexibility index (Phi) is 9.25. The van der Waals surface area contributed by atoms with Gasteiger partial charge in [-0.15, -0.1) is 0 Å². The van der Waals surface area contributed by atoms with Crippen LogP contribution in [0, 0.1) is 6.92 Å². The maximum absolute atomic E-state index is 13.2. The van der Waals surface area contributed by atoms with Crippen LogP contribution in [0.15, 0.2) is 67.0 Å². The summed E-state index contributed by atoms with van der Waals surface area (Å²) in [6.45, 7) is 6.37. The molecule has 1 saturated heterocycles. The Morgan fingerprint density at radius 1 is 1.05 bits per heavy atom. The summed E-state index contributed by atoms with van der Waals surface area (Å²) < 4.78 is 45.0. The highest BCUT2D eigenvalue weighted by Crippen LogP contribution is 2.39. The third-order valence-electron chi connectivity index (χ3n) is 7.35. The molecule has 10 heteroatoms. The largest absolute Gasteiger partial charge is 0.463 e. The number of nitrogens with zero attached hydrogens (tertiary/aromatic N) is 3. The van der Waals surface area contributed by atoms with Crippen molar-refractivity contribution < 1.29 is 27.8 Å². The van der Waals surface area contributed by atoms with E-state index < -0.39 is 17.8 Å². The molecule has 7 nitrogen and oxygen atoms in total. The van der Waals surface area contributed by atoms with Crippen LogP contribution >= 0.6 is 0 Å². The van der Waals surface area contributed by atoms with Gasteiger partial charge < -0.3 is 15.6 Å². The van der Waals surface area contributed by atoms with Gasteiger partial charge in [0.25, 0.3) is 0 Å². The van der Waals surface area contributed by atoms with Crippen LogP contribution in [0.3, 0.4) is 0 Å². The Balaban J connectivity index is 1.45. The average Bonchev–Trinajstić information content (AvgIpc) is 2.92. The molecule has 1 fully saturated rings. The molecular formula is C30H35F3N4O3. The van der Waals surface area contributed by atoms with Crippen LogP contribution in [0.2, 0.25) is 0 Å². The third kappa shape index (κ3) is 6.87. The van der Waals surface area contributed by atoms with E-state index in [0.29, 0.717) is 26.2 Å².